The van der Waals surface area contributed by atoms with Crippen molar-refractivity contribution < 1.29 is 0 Å². The minimum Gasteiger partial charge on any atom is -0.237 e. The van der Waals surface area contributed by atoms with Gasteiger partial charge < -0.3 is 0 Å². The molecule has 2 nitrogen and oxygen atoms in total. The summed E-state index contributed by atoms with van der Waals surface area (Å²) in [6.07, 6.45) is 0. The van der Waals surface area contributed by atoms with Crippen molar-refractivity contribution in [3.8, 4) is 5.69 Å². The third kappa shape index (κ3) is 1.55. The Morgan fingerprint density at radius 2 is 2.00 bits per heavy atom. The van der Waals surface area contributed by atoms with Crippen molar-refractivity contribution in [1.82, 2.24) is 9.78 Å². The van der Waals surface area contributed by atoms with E-state index in [9.17, 15) is 0 Å². The molecule has 1 heterocycles. The molecule has 0 atom stereocenters. The van der Waals surface area contributed by atoms with Gasteiger partial charge in [0.15, 0.2) is 0 Å². The van der Waals surface area contributed by atoms with Crippen molar-refractivity contribution in [2.45, 2.75) is 20.8 Å². The highest BCUT2D eigenvalue weighted by Gasteiger charge is 2.02. The number of nitrogens with zero attached hydrogens (tertiary/aromatic N) is 2. The van der Waals surface area contributed by atoms with Crippen LogP contribution in [0.25, 0.3) is 5.69 Å². The van der Waals surface area contributed by atoms with E-state index in [1.54, 1.807) is 0 Å². The van der Waals surface area contributed by atoms with Gasteiger partial charge in [0, 0.05) is 11.8 Å². The molecule has 1 aromatic heterocycles. The average molecular weight is 185 g/mol. The molecule has 2 rings (SSSR count). The van der Waals surface area contributed by atoms with Crippen LogP contribution in [0.4, 0.5) is 0 Å². The molecule has 0 spiro atoms. The normalized spacial score (nSPS) is 10.5. The summed E-state index contributed by atoms with van der Waals surface area (Å²) in [5, 5.41) is 4.41. The second-order valence-electron chi connectivity index (χ2n) is 3.59. The van der Waals surface area contributed by atoms with Crippen LogP contribution in [-0.2, 0) is 0 Å². The Morgan fingerprint density at radius 3 is 2.57 bits per heavy atom. The summed E-state index contributed by atoms with van der Waals surface area (Å²) in [5.74, 6) is 0. The zero-order valence-corrected chi connectivity index (χ0v) is 8.70. The molecule has 0 N–H and O–H groups in total. The molecule has 0 aliphatic carbocycles. The van der Waals surface area contributed by atoms with Gasteiger partial charge in [-0.15, -0.1) is 0 Å². The van der Waals surface area contributed by atoms with E-state index in [0.717, 1.165) is 17.1 Å². The summed E-state index contributed by atoms with van der Waals surface area (Å²) in [4.78, 5) is 0. The van der Waals surface area contributed by atoms with Gasteiger partial charge in [0.1, 0.15) is 0 Å². The molecular weight excluding hydrogens is 172 g/mol. The molecule has 1 radical (unpaired) electrons. The summed E-state index contributed by atoms with van der Waals surface area (Å²) in [6.45, 7) is 6.12. The number of hydrogen-bond acceptors (Lipinski definition) is 1. The number of hydrogen-bond donors (Lipinski definition) is 0. The molecule has 0 aliphatic rings. The number of benzene rings is 1. The van der Waals surface area contributed by atoms with Crippen molar-refractivity contribution >= 4 is 0 Å². The van der Waals surface area contributed by atoms with Gasteiger partial charge in [-0.25, -0.2) is 4.68 Å². The SMILES string of the molecule is Cc1cc[c]c(-n2nc(C)cc2C)c1. The molecular formula is C12H13N2. The van der Waals surface area contributed by atoms with Crippen LogP contribution < -0.4 is 0 Å². The van der Waals surface area contributed by atoms with Crippen molar-refractivity contribution in [1.29, 1.82) is 0 Å². The quantitative estimate of drug-likeness (QED) is 0.667. The van der Waals surface area contributed by atoms with Crippen LogP contribution in [0.1, 0.15) is 17.0 Å². The second kappa shape index (κ2) is 3.29. The van der Waals surface area contributed by atoms with E-state index in [1.807, 2.05) is 23.7 Å². The zero-order valence-electron chi connectivity index (χ0n) is 8.70. The minimum atomic E-state index is 1.01. The third-order valence-corrected chi connectivity index (χ3v) is 2.18. The molecule has 0 fully saturated rings. The largest absolute Gasteiger partial charge is 0.237 e. The van der Waals surface area contributed by atoms with E-state index in [0.29, 0.717) is 0 Å². The maximum Gasteiger partial charge on any atom is 0.0730 e. The maximum atomic E-state index is 4.41. The van der Waals surface area contributed by atoms with E-state index in [4.69, 9.17) is 0 Å². The Kier molecular flexibility index (Phi) is 2.12. The fourth-order valence-corrected chi connectivity index (χ4v) is 1.56. The lowest BCUT2D eigenvalue weighted by Gasteiger charge is -2.03. The molecule has 0 bridgehead atoms. The molecule has 71 valence electrons. The van der Waals surface area contributed by atoms with Crippen LogP contribution in [0, 0.1) is 26.8 Å². The van der Waals surface area contributed by atoms with Crippen molar-refractivity contribution in [3.05, 3.63) is 47.3 Å². The summed E-state index contributed by atoms with van der Waals surface area (Å²) in [6, 6.07) is 11.3. The molecule has 14 heavy (non-hydrogen) atoms. The topological polar surface area (TPSA) is 17.8 Å². The Bertz CT molecular complexity index is 455. The zero-order chi connectivity index (χ0) is 10.1. The lowest BCUT2D eigenvalue weighted by molar-refractivity contribution is 0.831. The minimum absolute atomic E-state index is 1.01. The van der Waals surface area contributed by atoms with E-state index >= 15 is 0 Å². The first-order valence-corrected chi connectivity index (χ1v) is 4.69. The molecule has 0 aliphatic heterocycles. The summed E-state index contributed by atoms with van der Waals surface area (Å²) < 4.78 is 1.92. The van der Waals surface area contributed by atoms with Crippen molar-refractivity contribution in [2.24, 2.45) is 0 Å². The highest BCUT2D eigenvalue weighted by molar-refractivity contribution is 5.35. The number of aryl methyl sites for hydroxylation is 3. The predicted molar refractivity (Wildman–Crippen MR) is 56.6 cm³/mol. The van der Waals surface area contributed by atoms with Crippen molar-refractivity contribution in [2.75, 3.05) is 0 Å². The van der Waals surface area contributed by atoms with Gasteiger partial charge in [-0.2, -0.15) is 5.10 Å². The first-order chi connectivity index (χ1) is 6.66. The molecule has 2 heteroatoms. The Balaban J connectivity index is 2.54. The van der Waals surface area contributed by atoms with Crippen LogP contribution >= 0.6 is 0 Å². The Hall–Kier alpha value is -1.57. The maximum absolute atomic E-state index is 4.41. The van der Waals surface area contributed by atoms with Crippen LogP contribution in [-0.4, -0.2) is 9.78 Å². The lowest BCUT2D eigenvalue weighted by Crippen LogP contribution is -1.99. The van der Waals surface area contributed by atoms with Crippen molar-refractivity contribution in [3.63, 3.8) is 0 Å². The first kappa shape index (κ1) is 9.00. The molecule has 0 unspecified atom stereocenters. The Labute approximate surface area is 84.2 Å². The van der Waals surface area contributed by atoms with Crippen LogP contribution in [0.2, 0.25) is 0 Å². The summed E-state index contributed by atoms with van der Waals surface area (Å²) in [7, 11) is 0. The monoisotopic (exact) mass is 185 g/mol. The predicted octanol–water partition coefficient (Wildman–Crippen LogP) is 2.60. The molecule has 1 aromatic carbocycles. The standard InChI is InChI=1S/C12H13N2/c1-9-5-4-6-12(7-9)14-11(3)8-10(2)13-14/h4-5,7-8H,1-3H3. The second-order valence-corrected chi connectivity index (χ2v) is 3.59. The summed E-state index contributed by atoms with van der Waals surface area (Å²) in [5.41, 5.74) is 4.42. The van der Waals surface area contributed by atoms with Crippen LogP contribution in [0.5, 0.6) is 0 Å². The number of aromatic nitrogens is 2. The van der Waals surface area contributed by atoms with Gasteiger partial charge in [0.2, 0.25) is 0 Å². The highest BCUT2D eigenvalue weighted by atomic mass is 15.3. The smallest absolute Gasteiger partial charge is 0.0730 e. The van der Waals surface area contributed by atoms with Gasteiger partial charge in [0.25, 0.3) is 0 Å². The van der Waals surface area contributed by atoms with Gasteiger partial charge in [-0.1, -0.05) is 12.1 Å². The summed E-state index contributed by atoms with van der Waals surface area (Å²) >= 11 is 0. The first-order valence-electron chi connectivity index (χ1n) is 4.69. The van der Waals surface area contributed by atoms with Gasteiger partial charge in [0.05, 0.1) is 11.4 Å². The van der Waals surface area contributed by atoms with Gasteiger partial charge >= 0.3 is 0 Å². The Morgan fingerprint density at radius 1 is 1.21 bits per heavy atom. The number of rotatable bonds is 1. The molecule has 2 aromatic rings. The molecule has 0 saturated carbocycles. The fourth-order valence-electron chi connectivity index (χ4n) is 1.56. The van der Waals surface area contributed by atoms with Gasteiger partial charge in [-0.3, -0.25) is 0 Å². The average Bonchev–Trinajstić information content (AvgIpc) is 2.45. The molecule has 0 amide bonds. The van der Waals surface area contributed by atoms with E-state index < -0.39 is 0 Å². The molecule has 0 saturated heterocycles. The lowest BCUT2D eigenvalue weighted by atomic mass is 10.2. The van der Waals surface area contributed by atoms with Crippen LogP contribution in [0.3, 0.4) is 0 Å². The van der Waals surface area contributed by atoms with Gasteiger partial charge in [-0.05, 0) is 38.5 Å². The van der Waals surface area contributed by atoms with E-state index in [2.05, 4.69) is 37.1 Å². The highest BCUT2D eigenvalue weighted by Crippen LogP contribution is 2.12. The van der Waals surface area contributed by atoms with E-state index in [-0.39, 0.29) is 0 Å². The third-order valence-electron chi connectivity index (χ3n) is 2.18. The van der Waals surface area contributed by atoms with E-state index in [1.165, 1.54) is 5.56 Å². The van der Waals surface area contributed by atoms with Crippen LogP contribution in [0.15, 0.2) is 24.3 Å². The fraction of sp³-hybridized carbons (Fsp3) is 0.250.